The molecular formula is C25H32N4O4. The maximum absolute atomic E-state index is 13.4. The number of benzene rings is 2. The van der Waals surface area contributed by atoms with Gasteiger partial charge in [0.05, 0.1) is 25.5 Å². The summed E-state index contributed by atoms with van der Waals surface area (Å²) in [6.45, 7) is 3.10. The largest absolute Gasteiger partial charge is 0.497 e. The van der Waals surface area contributed by atoms with Crippen LogP contribution >= 0.6 is 0 Å². The summed E-state index contributed by atoms with van der Waals surface area (Å²) in [6, 6.07) is 16.9. The highest BCUT2D eigenvalue weighted by Crippen LogP contribution is 2.33. The average Bonchev–Trinajstić information content (AvgIpc) is 3.31. The lowest BCUT2D eigenvalue weighted by molar-refractivity contribution is -0.133. The molecule has 8 nitrogen and oxygen atoms in total. The molecule has 1 heterocycles. The zero-order valence-corrected chi connectivity index (χ0v) is 19.5. The van der Waals surface area contributed by atoms with Crippen molar-refractivity contribution in [3.8, 4) is 5.75 Å². The molecular weight excluding hydrogens is 420 g/mol. The molecule has 1 aliphatic rings. The molecule has 33 heavy (non-hydrogen) atoms. The first-order valence-electron chi connectivity index (χ1n) is 11.2. The molecule has 0 saturated carbocycles. The van der Waals surface area contributed by atoms with Gasteiger partial charge in [-0.15, -0.1) is 0 Å². The van der Waals surface area contributed by atoms with Crippen LogP contribution in [0.5, 0.6) is 5.75 Å². The molecule has 1 atom stereocenters. The van der Waals surface area contributed by atoms with Gasteiger partial charge in [-0.3, -0.25) is 4.79 Å². The Morgan fingerprint density at radius 2 is 1.94 bits per heavy atom. The second-order valence-electron chi connectivity index (χ2n) is 7.79. The van der Waals surface area contributed by atoms with Gasteiger partial charge < -0.3 is 19.7 Å². The fourth-order valence-corrected chi connectivity index (χ4v) is 3.69. The van der Waals surface area contributed by atoms with E-state index in [1.165, 1.54) is 9.91 Å². The van der Waals surface area contributed by atoms with Gasteiger partial charge in [0.25, 0.3) is 5.91 Å². The number of nitrogens with one attached hydrogen (secondary N) is 1. The van der Waals surface area contributed by atoms with Gasteiger partial charge in [-0.25, -0.2) is 9.80 Å². The van der Waals surface area contributed by atoms with Gasteiger partial charge in [0, 0.05) is 32.2 Å². The Morgan fingerprint density at radius 1 is 1.15 bits per heavy atom. The minimum atomic E-state index is -0.283. The minimum Gasteiger partial charge on any atom is -0.497 e. The van der Waals surface area contributed by atoms with Crippen LogP contribution in [0.3, 0.4) is 0 Å². The van der Waals surface area contributed by atoms with Crippen LogP contribution in [0.1, 0.15) is 36.9 Å². The van der Waals surface area contributed by atoms with Gasteiger partial charge >= 0.3 is 6.03 Å². The Labute approximate surface area is 195 Å². The summed E-state index contributed by atoms with van der Waals surface area (Å²) < 4.78 is 10.5. The molecule has 0 radical (unpaired) electrons. The summed E-state index contributed by atoms with van der Waals surface area (Å²) in [5, 5.41) is 9.05. The molecule has 1 aliphatic heterocycles. The van der Waals surface area contributed by atoms with E-state index in [9.17, 15) is 9.59 Å². The molecule has 0 bridgehead atoms. The van der Waals surface area contributed by atoms with Crippen molar-refractivity contribution in [2.45, 2.75) is 25.8 Å². The quantitative estimate of drug-likeness (QED) is 0.599. The van der Waals surface area contributed by atoms with E-state index in [0.717, 1.165) is 29.0 Å². The van der Waals surface area contributed by atoms with Crippen LogP contribution < -0.4 is 10.1 Å². The number of hydrogen-bond donors (Lipinski definition) is 1. The molecule has 2 aromatic rings. The maximum Gasteiger partial charge on any atom is 0.317 e. The van der Waals surface area contributed by atoms with Crippen LogP contribution in [0.4, 0.5) is 4.79 Å². The fourth-order valence-electron chi connectivity index (χ4n) is 3.69. The second kappa shape index (κ2) is 12.0. The van der Waals surface area contributed by atoms with Crippen LogP contribution in [0.25, 0.3) is 0 Å². The summed E-state index contributed by atoms with van der Waals surface area (Å²) in [5.74, 6) is 0.485. The number of rotatable bonds is 10. The van der Waals surface area contributed by atoms with Crippen molar-refractivity contribution in [2.75, 3.05) is 40.5 Å². The lowest BCUT2D eigenvalue weighted by atomic mass is 9.98. The zero-order chi connectivity index (χ0) is 23.6. The van der Waals surface area contributed by atoms with Crippen molar-refractivity contribution in [3.05, 3.63) is 65.7 Å². The first-order valence-corrected chi connectivity index (χ1v) is 11.2. The van der Waals surface area contributed by atoms with Gasteiger partial charge in [-0.2, -0.15) is 5.10 Å². The van der Waals surface area contributed by atoms with E-state index >= 15 is 0 Å². The van der Waals surface area contributed by atoms with Crippen LogP contribution in [0.2, 0.25) is 0 Å². The zero-order valence-electron chi connectivity index (χ0n) is 19.5. The van der Waals surface area contributed by atoms with Crippen LogP contribution in [-0.2, 0) is 9.53 Å². The van der Waals surface area contributed by atoms with E-state index in [0.29, 0.717) is 26.1 Å². The fraction of sp³-hybridized carbons (Fsp3) is 0.400. The summed E-state index contributed by atoms with van der Waals surface area (Å²) in [7, 11) is 3.19. The number of carbonyl (C=O) groups excluding carboxylic acids is 2. The Balaban J connectivity index is 1.86. The summed E-state index contributed by atoms with van der Waals surface area (Å²) in [4.78, 5) is 27.5. The number of hydrogen-bond acceptors (Lipinski definition) is 5. The maximum atomic E-state index is 13.4. The number of methoxy groups -OCH3 is 2. The Morgan fingerprint density at radius 3 is 2.64 bits per heavy atom. The van der Waals surface area contributed by atoms with E-state index in [4.69, 9.17) is 14.6 Å². The number of nitrogens with zero attached hydrogens (tertiary/aromatic N) is 3. The van der Waals surface area contributed by atoms with Gasteiger partial charge in [0.15, 0.2) is 0 Å². The van der Waals surface area contributed by atoms with Gasteiger partial charge in [-0.1, -0.05) is 49.4 Å². The van der Waals surface area contributed by atoms with Crippen LogP contribution in [0, 0.1) is 0 Å². The number of ether oxygens (including phenoxy) is 2. The molecule has 2 aromatic carbocycles. The highest BCUT2D eigenvalue weighted by Gasteiger charge is 2.34. The third-order valence-electron chi connectivity index (χ3n) is 5.46. The van der Waals surface area contributed by atoms with E-state index in [2.05, 4.69) is 5.32 Å². The molecule has 0 aliphatic carbocycles. The summed E-state index contributed by atoms with van der Waals surface area (Å²) in [5.41, 5.74) is 2.70. The Hall–Kier alpha value is -3.39. The second-order valence-corrected chi connectivity index (χ2v) is 7.79. The van der Waals surface area contributed by atoms with Gasteiger partial charge in [0.2, 0.25) is 0 Å². The topological polar surface area (TPSA) is 83.5 Å². The van der Waals surface area contributed by atoms with Gasteiger partial charge in [-0.05, 0) is 24.1 Å². The molecule has 3 rings (SSSR count). The highest BCUT2D eigenvalue weighted by atomic mass is 16.5. The Bertz CT molecular complexity index is 964. The minimum absolute atomic E-state index is 0.0862. The van der Waals surface area contributed by atoms with E-state index in [1.807, 2.05) is 61.5 Å². The van der Waals surface area contributed by atoms with Crippen LogP contribution in [0.15, 0.2) is 59.7 Å². The van der Waals surface area contributed by atoms with Crippen molar-refractivity contribution in [2.24, 2.45) is 5.10 Å². The van der Waals surface area contributed by atoms with E-state index in [1.54, 1.807) is 14.2 Å². The lowest BCUT2D eigenvalue weighted by Gasteiger charge is -2.27. The molecule has 0 fully saturated rings. The van der Waals surface area contributed by atoms with Crippen LogP contribution in [-0.4, -0.2) is 68.0 Å². The first kappa shape index (κ1) is 24.3. The van der Waals surface area contributed by atoms with Gasteiger partial charge in [0.1, 0.15) is 12.3 Å². The number of carbonyl (C=O) groups is 2. The molecule has 0 aromatic heterocycles. The molecule has 1 N–H and O–H groups in total. The number of urea groups is 1. The molecule has 8 heteroatoms. The molecule has 0 saturated heterocycles. The third-order valence-corrected chi connectivity index (χ3v) is 5.46. The van der Waals surface area contributed by atoms with Crippen molar-refractivity contribution >= 4 is 17.6 Å². The Kier molecular flexibility index (Phi) is 8.83. The molecule has 0 spiro atoms. The molecule has 176 valence electrons. The van der Waals surface area contributed by atoms with E-state index < -0.39 is 0 Å². The van der Waals surface area contributed by atoms with E-state index in [-0.39, 0.29) is 24.5 Å². The van der Waals surface area contributed by atoms with Crippen molar-refractivity contribution in [3.63, 3.8) is 0 Å². The SMILES string of the molecule is CCCNC(=O)N(CCOC)CC(=O)N1N=C(c2cccc(OC)c2)C[C@H]1c1ccccc1. The van der Waals surface area contributed by atoms with Crippen molar-refractivity contribution in [1.82, 2.24) is 15.2 Å². The summed E-state index contributed by atoms with van der Waals surface area (Å²) >= 11 is 0. The lowest BCUT2D eigenvalue weighted by Crippen LogP contribution is -2.47. The third kappa shape index (κ3) is 6.32. The smallest absolute Gasteiger partial charge is 0.317 e. The first-order chi connectivity index (χ1) is 16.1. The number of hydrazone groups is 1. The highest BCUT2D eigenvalue weighted by molar-refractivity contribution is 6.03. The predicted molar refractivity (Wildman–Crippen MR) is 127 cm³/mol. The average molecular weight is 453 g/mol. The monoisotopic (exact) mass is 452 g/mol. The standard InChI is InChI=1S/C25H32N4O4/c1-4-13-26-25(31)28(14-15-32-2)18-24(30)29-23(19-9-6-5-7-10-19)17-22(27-29)20-11-8-12-21(16-20)33-3/h5-12,16,23H,4,13-15,17-18H2,1-3H3,(H,26,31)/t23-/m0/s1. The summed E-state index contributed by atoms with van der Waals surface area (Å²) in [6.07, 6.45) is 1.39. The molecule has 3 amide bonds. The van der Waals surface area contributed by atoms with Crippen molar-refractivity contribution < 1.29 is 19.1 Å². The normalized spacial score (nSPS) is 15.2. The predicted octanol–water partition coefficient (Wildman–Crippen LogP) is 3.44. The number of amides is 3. The molecule has 0 unspecified atom stereocenters. The van der Waals surface area contributed by atoms with Crippen molar-refractivity contribution in [1.29, 1.82) is 0 Å².